The predicted octanol–water partition coefficient (Wildman–Crippen LogP) is 3.77. The number of benzene rings is 1. The second kappa shape index (κ2) is 13.0. The number of rotatable bonds is 11. The van der Waals surface area contributed by atoms with Crippen molar-refractivity contribution in [3.05, 3.63) is 36.0 Å². The summed E-state index contributed by atoms with van der Waals surface area (Å²) in [5, 5.41) is 14.0. The number of carboxylic acid groups (broad SMARTS) is 1. The standard InChI is InChI=1S/C29H40N4O5/c30-17-9-16-24(29(37)38)33(28(36)26(34)22-18-31-23-15-8-7-14-21(22)23)25(19-10-3-1-4-11-19)27(35)32-20-12-5-2-6-13-20/h7-8,14-15,18-20,24-25,31H,1-6,9-13,16-17,30H2,(H,32,35)(H,37,38)/t24-,25?/m0/s1. The van der Waals surface area contributed by atoms with Gasteiger partial charge in [-0.05, 0) is 57.1 Å². The highest BCUT2D eigenvalue weighted by molar-refractivity contribution is 6.45. The first-order valence-corrected chi connectivity index (χ1v) is 14.1. The van der Waals surface area contributed by atoms with E-state index in [1.54, 1.807) is 18.2 Å². The summed E-state index contributed by atoms with van der Waals surface area (Å²) in [6.07, 6.45) is 11.0. The highest BCUT2D eigenvalue weighted by Gasteiger charge is 2.45. The van der Waals surface area contributed by atoms with Crippen LogP contribution < -0.4 is 11.1 Å². The van der Waals surface area contributed by atoms with Gasteiger partial charge in [0.25, 0.3) is 11.7 Å². The maximum atomic E-state index is 14.1. The van der Waals surface area contributed by atoms with Gasteiger partial charge in [-0.25, -0.2) is 4.79 Å². The summed E-state index contributed by atoms with van der Waals surface area (Å²) in [6, 6.07) is 4.78. The molecule has 5 N–H and O–H groups in total. The zero-order valence-corrected chi connectivity index (χ0v) is 22.0. The average molecular weight is 525 g/mol. The van der Waals surface area contributed by atoms with Crippen molar-refractivity contribution in [2.45, 2.75) is 95.2 Å². The van der Waals surface area contributed by atoms with Gasteiger partial charge in [-0.15, -0.1) is 0 Å². The number of carboxylic acids is 1. The molecule has 2 amide bonds. The number of hydrogen-bond donors (Lipinski definition) is 4. The molecule has 1 unspecified atom stereocenters. The summed E-state index contributed by atoms with van der Waals surface area (Å²) >= 11 is 0. The third-order valence-corrected chi connectivity index (χ3v) is 8.18. The Morgan fingerprint density at radius 3 is 2.32 bits per heavy atom. The number of aromatic amines is 1. The Morgan fingerprint density at radius 1 is 1.00 bits per heavy atom. The Hall–Kier alpha value is -3.20. The van der Waals surface area contributed by atoms with E-state index in [4.69, 9.17) is 5.73 Å². The first-order valence-electron chi connectivity index (χ1n) is 14.1. The third-order valence-electron chi connectivity index (χ3n) is 8.18. The van der Waals surface area contributed by atoms with Crippen molar-refractivity contribution in [3.8, 4) is 0 Å². The Labute approximate surface area is 223 Å². The van der Waals surface area contributed by atoms with Gasteiger partial charge in [0, 0.05) is 23.1 Å². The fourth-order valence-electron chi connectivity index (χ4n) is 6.20. The monoisotopic (exact) mass is 524 g/mol. The number of hydrogen-bond acceptors (Lipinski definition) is 5. The number of nitrogens with one attached hydrogen (secondary N) is 2. The average Bonchev–Trinajstić information content (AvgIpc) is 3.37. The molecule has 9 nitrogen and oxygen atoms in total. The number of carbonyl (C=O) groups excluding carboxylic acids is 3. The van der Waals surface area contributed by atoms with Crippen LogP contribution in [0.2, 0.25) is 0 Å². The lowest BCUT2D eigenvalue weighted by molar-refractivity contribution is -0.155. The lowest BCUT2D eigenvalue weighted by atomic mass is 9.81. The number of para-hydroxylation sites is 1. The second-order valence-corrected chi connectivity index (χ2v) is 10.8. The molecule has 4 rings (SSSR count). The Balaban J connectivity index is 1.74. The topological polar surface area (TPSA) is 146 Å². The summed E-state index contributed by atoms with van der Waals surface area (Å²) < 4.78 is 0. The van der Waals surface area contributed by atoms with Gasteiger partial charge in [0.2, 0.25) is 5.91 Å². The summed E-state index contributed by atoms with van der Waals surface area (Å²) in [6.45, 7) is 0.241. The van der Waals surface area contributed by atoms with Crippen molar-refractivity contribution < 1.29 is 24.3 Å². The lowest BCUT2D eigenvalue weighted by Gasteiger charge is -2.41. The van der Waals surface area contributed by atoms with Crippen LogP contribution in [0.4, 0.5) is 0 Å². The quantitative estimate of drug-likeness (QED) is 0.260. The Morgan fingerprint density at radius 2 is 1.66 bits per heavy atom. The molecule has 9 heteroatoms. The minimum atomic E-state index is -1.33. The molecule has 2 aliphatic rings. The van der Waals surface area contributed by atoms with E-state index < -0.39 is 29.7 Å². The molecule has 0 spiro atoms. The summed E-state index contributed by atoms with van der Waals surface area (Å²) in [5.74, 6) is -3.55. The van der Waals surface area contributed by atoms with E-state index in [1.165, 1.54) is 6.20 Å². The number of aliphatic carboxylic acids is 1. The molecular weight excluding hydrogens is 484 g/mol. The van der Waals surface area contributed by atoms with Crippen LogP contribution in [0.15, 0.2) is 30.5 Å². The normalized spacial score (nSPS) is 18.6. The van der Waals surface area contributed by atoms with Crippen molar-refractivity contribution in [3.63, 3.8) is 0 Å². The van der Waals surface area contributed by atoms with Crippen molar-refractivity contribution in [2.24, 2.45) is 11.7 Å². The van der Waals surface area contributed by atoms with E-state index in [-0.39, 0.29) is 36.4 Å². The van der Waals surface area contributed by atoms with Gasteiger partial charge in [-0.2, -0.15) is 0 Å². The second-order valence-electron chi connectivity index (χ2n) is 10.8. The van der Waals surface area contributed by atoms with Gasteiger partial charge in [0.05, 0.1) is 5.56 Å². The molecule has 0 saturated heterocycles. The zero-order valence-electron chi connectivity index (χ0n) is 22.0. The van der Waals surface area contributed by atoms with E-state index in [2.05, 4.69) is 10.3 Å². The Bertz CT molecular complexity index is 1130. The van der Waals surface area contributed by atoms with E-state index in [0.29, 0.717) is 30.2 Å². The van der Waals surface area contributed by atoms with Crippen LogP contribution >= 0.6 is 0 Å². The van der Waals surface area contributed by atoms with Crippen LogP contribution in [0.5, 0.6) is 0 Å². The molecule has 206 valence electrons. The number of fused-ring (bicyclic) bond motifs is 1. The molecule has 2 saturated carbocycles. The smallest absolute Gasteiger partial charge is 0.326 e. The van der Waals surface area contributed by atoms with Gasteiger partial charge < -0.3 is 26.0 Å². The van der Waals surface area contributed by atoms with Crippen LogP contribution in [0.25, 0.3) is 10.9 Å². The largest absolute Gasteiger partial charge is 0.480 e. The highest BCUT2D eigenvalue weighted by atomic mass is 16.4. The SMILES string of the molecule is NCCC[C@@H](C(=O)O)N(C(=O)C(=O)c1c[nH]c2ccccc12)C(C(=O)NC1CCCCC1)C1CCCCC1. The number of ketones is 1. The number of Topliss-reactive ketones (excluding diaryl/α,β-unsaturated/α-hetero) is 1. The maximum absolute atomic E-state index is 14.1. The minimum absolute atomic E-state index is 0.00377. The molecular formula is C29H40N4O5. The Kier molecular flexibility index (Phi) is 9.55. The first kappa shape index (κ1) is 27.8. The van der Waals surface area contributed by atoms with E-state index in [0.717, 1.165) is 56.3 Å². The van der Waals surface area contributed by atoms with Crippen LogP contribution in [0.1, 0.15) is 87.4 Å². The summed E-state index contributed by atoms with van der Waals surface area (Å²) in [5.41, 5.74) is 6.58. The highest BCUT2D eigenvalue weighted by Crippen LogP contribution is 2.32. The van der Waals surface area contributed by atoms with Crippen molar-refractivity contribution >= 4 is 34.5 Å². The fourth-order valence-corrected chi connectivity index (χ4v) is 6.20. The molecule has 1 aromatic carbocycles. The molecule has 0 aliphatic heterocycles. The van der Waals surface area contributed by atoms with Crippen LogP contribution in [0, 0.1) is 5.92 Å². The lowest BCUT2D eigenvalue weighted by Crippen LogP contribution is -2.61. The van der Waals surface area contributed by atoms with Gasteiger partial charge in [-0.1, -0.05) is 56.7 Å². The number of nitrogens with zero attached hydrogens (tertiary/aromatic N) is 1. The summed E-state index contributed by atoms with van der Waals surface area (Å²) in [4.78, 5) is 58.4. The molecule has 2 aliphatic carbocycles. The summed E-state index contributed by atoms with van der Waals surface area (Å²) in [7, 11) is 0. The number of nitrogens with two attached hydrogens (primary N) is 1. The van der Waals surface area contributed by atoms with Crippen molar-refractivity contribution in [1.82, 2.24) is 15.2 Å². The van der Waals surface area contributed by atoms with Crippen molar-refractivity contribution in [2.75, 3.05) is 6.54 Å². The van der Waals surface area contributed by atoms with Gasteiger partial charge in [0.1, 0.15) is 12.1 Å². The molecule has 38 heavy (non-hydrogen) atoms. The number of amides is 2. The molecule has 2 fully saturated rings. The molecule has 2 aromatic rings. The van der Waals surface area contributed by atoms with Gasteiger partial charge >= 0.3 is 5.97 Å². The van der Waals surface area contributed by atoms with Crippen molar-refractivity contribution in [1.29, 1.82) is 0 Å². The molecule has 2 atom stereocenters. The van der Waals surface area contributed by atoms with Gasteiger partial charge in [0.15, 0.2) is 0 Å². The molecule has 1 heterocycles. The zero-order chi connectivity index (χ0) is 27.1. The van der Waals surface area contributed by atoms with E-state index >= 15 is 0 Å². The number of carbonyl (C=O) groups is 4. The number of H-pyrrole nitrogens is 1. The van der Waals surface area contributed by atoms with Crippen LogP contribution in [-0.4, -0.2) is 63.2 Å². The van der Waals surface area contributed by atoms with Crippen LogP contribution in [0.3, 0.4) is 0 Å². The van der Waals surface area contributed by atoms with Gasteiger partial charge in [-0.3, -0.25) is 14.4 Å². The van der Waals surface area contributed by atoms with E-state index in [1.807, 2.05) is 6.07 Å². The fraction of sp³-hybridized carbons (Fsp3) is 0.586. The number of aromatic nitrogens is 1. The first-order chi connectivity index (χ1) is 18.4. The molecule has 0 radical (unpaired) electrons. The predicted molar refractivity (Wildman–Crippen MR) is 145 cm³/mol. The third kappa shape index (κ3) is 6.26. The minimum Gasteiger partial charge on any atom is -0.480 e. The van der Waals surface area contributed by atoms with Crippen LogP contribution in [-0.2, 0) is 14.4 Å². The maximum Gasteiger partial charge on any atom is 0.326 e. The van der Waals surface area contributed by atoms with E-state index in [9.17, 15) is 24.3 Å². The molecule has 0 bridgehead atoms. The molecule has 1 aromatic heterocycles.